The minimum atomic E-state index is 0. The molecule has 2 unspecified atom stereocenters. The Balaban J connectivity index is 0. The summed E-state index contributed by atoms with van der Waals surface area (Å²) in [4.78, 5) is 0. The Labute approximate surface area is 860 Å². The zero-order valence-electron chi connectivity index (χ0n) is 18.2. The summed E-state index contributed by atoms with van der Waals surface area (Å²) in [5.74, 6) is 0. The Kier molecular flexibility index (Phi) is 23500. The molecule has 0 saturated carbocycles. The molecule has 446 valence electrons. The van der Waals surface area contributed by atoms with Crippen LogP contribution in [0.4, 0.5) is 0 Å². The topological polar surface area (TPSA) is 70.0 Å². The van der Waals surface area contributed by atoms with Gasteiger partial charge in [-0.25, -0.2) is 0 Å². The molecule has 0 spiro atoms. The van der Waals surface area contributed by atoms with E-state index in [2.05, 4.69) is 0 Å². The average molecular weight is 3290 g/mol. The summed E-state index contributed by atoms with van der Waals surface area (Å²) in [6.07, 6.45) is 0. The fourth-order valence-corrected chi connectivity index (χ4v) is 0. The van der Waals surface area contributed by atoms with Gasteiger partial charge in [0.2, 0.25) is 0 Å². The molecule has 0 aromatic rings. The minimum absolute atomic E-state index is 0. The number of halogens is 4. The molecule has 0 aromatic carbocycles. The van der Waals surface area contributed by atoms with Crippen LogP contribution >= 0.6 is 278 Å². The van der Waals surface area contributed by atoms with Crippen molar-refractivity contribution in [3.8, 4) is 0 Å². The zero-order chi connectivity index (χ0) is 0. The second-order valence-electron chi connectivity index (χ2n) is 0. The van der Waals surface area contributed by atoms with Crippen LogP contribution in [0.25, 0.3) is 0 Å². The van der Waals surface area contributed by atoms with Crippen molar-refractivity contribution in [2.45, 2.75) is 186 Å². The van der Waals surface area contributed by atoms with E-state index in [0.717, 1.165) is 0 Å². The first kappa shape index (κ1) is 1220. The maximum atomic E-state index is 0. The molecule has 6 N–H and O–H groups in total. The van der Waals surface area contributed by atoms with Gasteiger partial charge in [-0.1, -0.05) is 186 Å². The Bertz CT molecular complexity index is 181. The number of rotatable bonds is 0. The van der Waals surface area contributed by atoms with E-state index in [4.69, 9.17) is 0 Å². The molecule has 2 atom stereocenters. The maximum absolute atomic E-state index is 0. The summed E-state index contributed by atoms with van der Waals surface area (Å²) in [7, 11) is 0. The van der Waals surface area contributed by atoms with Crippen LogP contribution in [0.1, 0.15) is 194 Å². The molecule has 0 aliphatic carbocycles. The van der Waals surface area contributed by atoms with Crippen LogP contribution in [0, 0.1) is 0 Å². The zero-order valence-corrected chi connectivity index (χ0v) is 82.5. The summed E-state index contributed by atoms with van der Waals surface area (Å²) in [5.41, 5.74) is 0. The van der Waals surface area contributed by atoms with E-state index >= 15 is 0 Å². The standard InChI is InChI=1S/25CH4.4HI.2H3N.2H3P.12H2S.4V.6W.6Y.6H2/h25*1H4;4*1H;4*1H3;12*1H2;;;;;;;;;;;;;;;;;6*1H/i;;;;;;;;;;;;;;;;;;;;;;;;;;;;;;;;;;;;;;;;;;;;;;;;;;;;;;;;;;;;;6*1+2. The van der Waals surface area contributed by atoms with Gasteiger partial charge in [0.25, 0.3) is 0 Å². The average Bonchev–Trinajstić information content (AvgIpc) is 0. The molecule has 0 fully saturated rings. The maximum Gasteiger partial charge on any atom is 0 e. The van der Waals surface area contributed by atoms with Crippen molar-refractivity contribution in [2.24, 2.45) is 0 Å². The summed E-state index contributed by atoms with van der Waals surface area (Å²) < 4.78 is 0. The van der Waals surface area contributed by atoms with Crippen LogP contribution < -0.4 is 12.3 Å². The van der Waals surface area contributed by atoms with Crippen molar-refractivity contribution >= 4 is 278 Å². The predicted octanol–water partition coefficient (Wildman–Crippen LogP) is 21.6. The van der Waals surface area contributed by atoms with Gasteiger partial charge in [0.15, 0.2) is 0 Å². The third kappa shape index (κ3) is 1150. The Morgan fingerprint density at radius 3 is 0.148 bits per heavy atom. The van der Waals surface area contributed by atoms with Crippen LogP contribution in [0.5, 0.6) is 0 Å². The van der Waals surface area contributed by atoms with Crippen molar-refractivity contribution in [2.75, 3.05) is 0 Å². The van der Waals surface area contributed by atoms with Gasteiger partial charge in [-0.3, -0.25) is 0 Å². The summed E-state index contributed by atoms with van der Waals surface area (Å²) >= 11 is 0. The van der Waals surface area contributed by atoms with E-state index in [9.17, 15) is 0 Å². The van der Waals surface area contributed by atoms with Crippen LogP contribution in [-0.4, -0.2) is 0 Å². The predicted molar refractivity (Wildman–Crippen MR) is 399 cm³/mol. The summed E-state index contributed by atoms with van der Waals surface area (Å²) in [6, 6.07) is 0. The third-order valence-electron chi connectivity index (χ3n) is 0. The van der Waals surface area contributed by atoms with Crippen molar-refractivity contribution in [3.63, 3.8) is 0 Å². The van der Waals surface area contributed by atoms with Gasteiger partial charge in [-0.05, 0) is 0 Å². The monoisotopic (exact) mass is 3290 g/mol. The molecule has 36 heteroatoms. The minimum Gasteiger partial charge on any atom is -0.344 e. The fourth-order valence-electron chi connectivity index (χ4n) is 0. The first-order chi connectivity index (χ1) is 0. The Morgan fingerprint density at radius 1 is 0.148 bits per heavy atom. The molecule has 0 aliphatic heterocycles. The number of hydrogen-bond donors (Lipinski definition) is 2. The molecule has 0 bridgehead atoms. The summed E-state index contributed by atoms with van der Waals surface area (Å²) in [6.45, 7) is 0. The van der Waals surface area contributed by atoms with Crippen molar-refractivity contribution in [3.05, 3.63) is 0 Å². The van der Waals surface area contributed by atoms with Crippen LogP contribution in [0.15, 0.2) is 0 Å². The summed E-state index contributed by atoms with van der Waals surface area (Å²) in [5, 5.41) is 0. The van der Waals surface area contributed by atoms with E-state index < -0.39 is 0 Å². The second kappa shape index (κ2) is 1180. The Hall–Kier alpha value is 21.0. The van der Waals surface area contributed by atoms with E-state index in [1.54, 1.807) is 0 Å². The van der Waals surface area contributed by atoms with Crippen LogP contribution in [0.2, 0.25) is 0 Å². The van der Waals surface area contributed by atoms with E-state index in [0.29, 0.717) is 0 Å². The SMILES string of the molecule is C.C.C.C.C.C.C.C.C.C.C.C.C.C.C.C.C.C.C.C.C.C.C.C.C.I.I.I.I.N.N.P.P.S.S.S.S.S.S.S.S.S.S.S.S.[3HH].[3HH].[3HH].[3HH].[3HH].[3HH].[V].[V].[V].[V].[W].[W].[W].[W].[W].[W].[Y].[Y].[Y].[Y].[Y].[Y]. The molecule has 0 aliphatic rings. The van der Waals surface area contributed by atoms with E-state index in [1.807, 2.05) is 0 Å². The van der Waals surface area contributed by atoms with Gasteiger partial charge >= 0.3 is 0 Å². The normalized spacial score (nSPS) is 0. The molecule has 0 rings (SSSR count). The quantitative estimate of drug-likeness (QED) is 0.187. The smallest absolute Gasteiger partial charge is 0 e. The van der Waals surface area contributed by atoms with Crippen LogP contribution in [0.3, 0.4) is 0 Å². The molecular weight excluding hydrogens is 3120 g/mol. The first-order valence-electron chi connectivity index (χ1n) is 0. The van der Waals surface area contributed by atoms with E-state index in [-0.39, 0.29) is 881 Å². The van der Waals surface area contributed by atoms with Gasteiger partial charge in [0, 0.05) is 405 Å². The number of hydrogen-bond acceptors (Lipinski definition) is 2. The molecular formula is C25H152I4N2P2S12V4W6Y6. The third-order valence-corrected chi connectivity index (χ3v) is 0. The van der Waals surface area contributed by atoms with Gasteiger partial charge in [-0.15, -0.1) is 95.9 Å². The molecule has 0 heterocycles. The molecule has 0 saturated heterocycles. The Morgan fingerprint density at radius 2 is 0.148 bits per heavy atom. The molecule has 61 heavy (non-hydrogen) atoms. The van der Waals surface area contributed by atoms with Crippen molar-refractivity contribution in [1.29, 1.82) is 0 Å². The van der Waals surface area contributed by atoms with Crippen LogP contribution in [-0.2, 0) is 397 Å². The molecule has 2 nitrogen and oxygen atoms in total. The fraction of sp³-hybridized carbons (Fsp3) is 1.00. The molecule has 10 radical (unpaired) electrons. The van der Waals surface area contributed by atoms with Crippen molar-refractivity contribution in [1.82, 2.24) is 12.3 Å². The first-order valence-corrected chi connectivity index (χ1v) is 0. The second-order valence-corrected chi connectivity index (χ2v) is 0. The molecule has 0 amide bonds. The largest absolute Gasteiger partial charge is 0.344 e. The van der Waals surface area contributed by atoms with Gasteiger partial charge < -0.3 is 12.3 Å². The van der Waals surface area contributed by atoms with Gasteiger partial charge in [-0.2, -0.15) is 182 Å². The molecule has 0 aromatic heterocycles. The van der Waals surface area contributed by atoms with Crippen molar-refractivity contribution < 1.29 is 405 Å². The van der Waals surface area contributed by atoms with E-state index in [1.165, 1.54) is 0 Å². The van der Waals surface area contributed by atoms with Gasteiger partial charge in [0.05, 0.1) is 0 Å². The van der Waals surface area contributed by atoms with Gasteiger partial charge in [0.1, 0.15) is 0 Å².